The van der Waals surface area contributed by atoms with Crippen molar-refractivity contribution >= 4 is 22.5 Å². The smallest absolute Gasteiger partial charge is 0.299 e. The van der Waals surface area contributed by atoms with Crippen LogP contribution in [0.5, 0.6) is 28.7 Å². The van der Waals surface area contributed by atoms with Gasteiger partial charge in [-0.3, -0.25) is 0 Å². The number of hydrogen-bond donors (Lipinski definition) is 1. The molecule has 0 fully saturated rings. The van der Waals surface area contributed by atoms with Crippen LogP contribution >= 0.6 is 11.5 Å². The van der Waals surface area contributed by atoms with Crippen molar-refractivity contribution in [3.05, 3.63) is 35.7 Å². The molecule has 0 aliphatic heterocycles. The quantitative estimate of drug-likeness (QED) is 0.536. The fourth-order valence-corrected chi connectivity index (χ4v) is 3.88. The number of hydrogen-bond acceptors (Lipinski definition) is 9. The van der Waals surface area contributed by atoms with Crippen molar-refractivity contribution in [3.8, 4) is 51.1 Å². The lowest BCUT2D eigenvalue weighted by atomic mass is 10.0. The van der Waals surface area contributed by atoms with Crippen LogP contribution in [0, 0.1) is 0 Å². The largest absolute Gasteiger partial charge is 0.493 e. The van der Waals surface area contributed by atoms with Crippen LogP contribution in [0.4, 0.5) is 0 Å². The van der Waals surface area contributed by atoms with Gasteiger partial charge in [-0.1, -0.05) is 6.07 Å². The topological polar surface area (TPSA) is 93.2 Å². The molecule has 0 unspecified atom stereocenters. The standard InChI is InChI=1S/C19H19NO7S2/c1-23-14-6-5-11(7-15(14)27-29(21)22)13-10-28-20-18(13)12-8-16(24-2)19(26-4)17(9-12)25-3/h5-10,29H,1-4H3. The second kappa shape index (κ2) is 9.01. The molecule has 0 N–H and O–H groups in total. The van der Waals surface area contributed by atoms with E-state index in [-0.39, 0.29) is 5.75 Å². The summed E-state index contributed by atoms with van der Waals surface area (Å²) in [5, 5.41) is 1.86. The van der Waals surface area contributed by atoms with Gasteiger partial charge in [0.15, 0.2) is 23.0 Å². The lowest BCUT2D eigenvalue weighted by molar-refractivity contribution is 0.324. The predicted molar refractivity (Wildman–Crippen MR) is 110 cm³/mol. The summed E-state index contributed by atoms with van der Waals surface area (Å²) >= 11 is 1.27. The molecule has 0 saturated carbocycles. The van der Waals surface area contributed by atoms with Gasteiger partial charge in [-0.15, -0.1) is 0 Å². The van der Waals surface area contributed by atoms with Crippen molar-refractivity contribution in [1.29, 1.82) is 0 Å². The zero-order valence-corrected chi connectivity index (χ0v) is 17.8. The lowest BCUT2D eigenvalue weighted by Gasteiger charge is -2.14. The number of rotatable bonds is 8. The van der Waals surface area contributed by atoms with Crippen LogP contribution in [0.15, 0.2) is 35.7 Å². The number of nitrogens with zero attached hydrogens (tertiary/aromatic N) is 1. The molecule has 0 spiro atoms. The van der Waals surface area contributed by atoms with Crippen molar-refractivity contribution in [1.82, 2.24) is 4.37 Å². The summed E-state index contributed by atoms with van der Waals surface area (Å²) in [6, 6.07) is 8.63. The Morgan fingerprint density at radius 1 is 0.793 bits per heavy atom. The highest BCUT2D eigenvalue weighted by molar-refractivity contribution is 7.67. The van der Waals surface area contributed by atoms with E-state index in [4.69, 9.17) is 23.1 Å². The summed E-state index contributed by atoms with van der Waals surface area (Å²) in [5.41, 5.74) is 2.94. The molecule has 0 bridgehead atoms. The van der Waals surface area contributed by atoms with Gasteiger partial charge in [0.05, 0.1) is 34.1 Å². The molecule has 0 atom stereocenters. The monoisotopic (exact) mass is 437 g/mol. The second-order valence-corrected chi connectivity index (χ2v) is 6.93. The Bertz CT molecular complexity index is 1060. The van der Waals surface area contributed by atoms with Crippen LogP contribution in [0.2, 0.25) is 0 Å². The third-order valence-electron chi connectivity index (χ3n) is 4.16. The molecule has 0 aliphatic carbocycles. The zero-order valence-electron chi connectivity index (χ0n) is 16.1. The third-order valence-corrected chi connectivity index (χ3v) is 5.13. The van der Waals surface area contributed by atoms with Gasteiger partial charge < -0.3 is 23.1 Å². The molecule has 0 saturated heterocycles. The van der Waals surface area contributed by atoms with Gasteiger partial charge in [0.25, 0.3) is 11.0 Å². The van der Waals surface area contributed by atoms with E-state index in [2.05, 4.69) is 4.37 Å². The van der Waals surface area contributed by atoms with E-state index in [1.165, 1.54) is 25.8 Å². The average molecular weight is 437 g/mol. The molecule has 29 heavy (non-hydrogen) atoms. The van der Waals surface area contributed by atoms with Gasteiger partial charge in [0.1, 0.15) is 0 Å². The van der Waals surface area contributed by atoms with Crippen LogP contribution in [0.1, 0.15) is 0 Å². The maximum atomic E-state index is 11.0. The third kappa shape index (κ3) is 4.22. The summed E-state index contributed by atoms with van der Waals surface area (Å²) in [7, 11) is 2.98. The Balaban J connectivity index is 2.13. The molecule has 154 valence electrons. The number of methoxy groups -OCH3 is 4. The van der Waals surface area contributed by atoms with Gasteiger partial charge in [0, 0.05) is 16.5 Å². The van der Waals surface area contributed by atoms with Crippen LogP contribution < -0.4 is 23.1 Å². The van der Waals surface area contributed by atoms with Gasteiger partial charge in [-0.2, -0.15) is 12.8 Å². The maximum absolute atomic E-state index is 11.0. The minimum absolute atomic E-state index is 0.100. The maximum Gasteiger partial charge on any atom is 0.299 e. The second-order valence-electron chi connectivity index (χ2n) is 5.67. The fourth-order valence-electron chi connectivity index (χ4n) is 2.86. The van der Waals surface area contributed by atoms with E-state index in [0.717, 1.165) is 16.7 Å². The molecule has 1 aromatic heterocycles. The van der Waals surface area contributed by atoms with Gasteiger partial charge in [-0.05, 0) is 41.4 Å². The molecule has 0 amide bonds. The minimum Gasteiger partial charge on any atom is -0.493 e. The number of aromatic nitrogens is 1. The lowest BCUT2D eigenvalue weighted by Crippen LogP contribution is -1.96. The first kappa shape index (κ1) is 20.7. The Morgan fingerprint density at radius 3 is 1.97 bits per heavy atom. The Hall–Kier alpha value is -2.98. The Morgan fingerprint density at radius 2 is 1.41 bits per heavy atom. The van der Waals surface area contributed by atoms with Gasteiger partial charge in [-0.25, -0.2) is 0 Å². The number of thiol groups is 1. The molecular formula is C19H19NO7S2. The highest BCUT2D eigenvalue weighted by Crippen LogP contribution is 2.44. The first-order valence-corrected chi connectivity index (χ1v) is 10.2. The van der Waals surface area contributed by atoms with E-state index in [1.54, 1.807) is 44.6 Å². The SMILES string of the molecule is COc1ccc(-c2csnc2-c2cc(OC)c(OC)c(OC)c2)cc1O[SH](=O)=O. The summed E-state index contributed by atoms with van der Waals surface area (Å²) in [6.45, 7) is 0. The average Bonchev–Trinajstić information content (AvgIpc) is 3.22. The molecule has 2 aromatic carbocycles. The van der Waals surface area contributed by atoms with E-state index >= 15 is 0 Å². The fraction of sp³-hybridized carbons (Fsp3) is 0.211. The first-order valence-electron chi connectivity index (χ1n) is 8.27. The van der Waals surface area contributed by atoms with Crippen LogP contribution in [0.25, 0.3) is 22.4 Å². The van der Waals surface area contributed by atoms with E-state index < -0.39 is 11.0 Å². The normalized spacial score (nSPS) is 10.7. The molecule has 3 aromatic rings. The minimum atomic E-state index is -3.08. The van der Waals surface area contributed by atoms with Gasteiger partial charge in [0.2, 0.25) is 5.75 Å². The summed E-state index contributed by atoms with van der Waals surface area (Å²) in [5.74, 6) is 1.90. The summed E-state index contributed by atoms with van der Waals surface area (Å²) in [4.78, 5) is 0. The summed E-state index contributed by atoms with van der Waals surface area (Å²) < 4.78 is 52.8. The zero-order chi connectivity index (χ0) is 21.0. The van der Waals surface area contributed by atoms with Gasteiger partial charge >= 0.3 is 0 Å². The molecular weight excluding hydrogens is 418 g/mol. The Labute approximate surface area is 173 Å². The summed E-state index contributed by atoms with van der Waals surface area (Å²) in [6.07, 6.45) is 0. The molecule has 0 aliphatic rings. The molecule has 3 rings (SSSR count). The van der Waals surface area contributed by atoms with Crippen LogP contribution in [0.3, 0.4) is 0 Å². The van der Waals surface area contributed by atoms with Crippen molar-refractivity contribution in [2.45, 2.75) is 0 Å². The van der Waals surface area contributed by atoms with E-state index in [1.807, 2.05) is 5.38 Å². The van der Waals surface area contributed by atoms with Crippen LogP contribution in [-0.2, 0) is 11.0 Å². The van der Waals surface area contributed by atoms with Crippen molar-refractivity contribution < 1.29 is 31.5 Å². The first-order chi connectivity index (χ1) is 14.0. The molecule has 1 heterocycles. The highest BCUT2D eigenvalue weighted by Gasteiger charge is 2.19. The number of benzene rings is 2. The molecule has 0 radical (unpaired) electrons. The van der Waals surface area contributed by atoms with Crippen molar-refractivity contribution in [2.75, 3.05) is 28.4 Å². The molecule has 8 nitrogen and oxygen atoms in total. The van der Waals surface area contributed by atoms with Crippen LogP contribution in [-0.4, -0.2) is 41.2 Å². The van der Waals surface area contributed by atoms with Crippen molar-refractivity contribution in [2.24, 2.45) is 0 Å². The Kier molecular flexibility index (Phi) is 6.45. The highest BCUT2D eigenvalue weighted by atomic mass is 32.2. The van der Waals surface area contributed by atoms with E-state index in [9.17, 15) is 8.42 Å². The number of ether oxygens (including phenoxy) is 4. The van der Waals surface area contributed by atoms with Crippen molar-refractivity contribution in [3.63, 3.8) is 0 Å². The van der Waals surface area contributed by atoms with E-state index in [0.29, 0.717) is 28.7 Å². The molecule has 10 heteroatoms. The predicted octanol–water partition coefficient (Wildman–Crippen LogP) is 3.42.